The smallest absolute Gasteiger partial charge is 0.0294 e. The van der Waals surface area contributed by atoms with E-state index < -0.39 is 0 Å². The number of hydrogen-bond donors (Lipinski definition) is 1. The van der Waals surface area contributed by atoms with Gasteiger partial charge in [-0.3, -0.25) is 0 Å². The number of nitrogens with two attached hydrogens (primary N) is 1. The SMILES string of the molecule is CC(C)CC[C@H](N)c1ccc(C(C)C)cc1. The van der Waals surface area contributed by atoms with Crippen molar-refractivity contribution in [3.63, 3.8) is 0 Å². The van der Waals surface area contributed by atoms with Gasteiger partial charge in [0.05, 0.1) is 0 Å². The van der Waals surface area contributed by atoms with Gasteiger partial charge >= 0.3 is 0 Å². The Hall–Kier alpha value is -0.820. The Morgan fingerprint density at radius 3 is 1.81 bits per heavy atom. The molecule has 0 fully saturated rings. The molecule has 1 nitrogen and oxygen atoms in total. The second-order valence-electron chi connectivity index (χ2n) is 5.40. The highest BCUT2D eigenvalue weighted by atomic mass is 14.6. The zero-order chi connectivity index (χ0) is 12.1. The van der Waals surface area contributed by atoms with E-state index in [0.29, 0.717) is 5.92 Å². The highest BCUT2D eigenvalue weighted by Gasteiger charge is 2.07. The highest BCUT2D eigenvalue weighted by Crippen LogP contribution is 2.21. The minimum absolute atomic E-state index is 0.198. The van der Waals surface area contributed by atoms with Crippen molar-refractivity contribution >= 4 is 0 Å². The Bertz CT molecular complexity index is 298. The van der Waals surface area contributed by atoms with E-state index in [1.165, 1.54) is 17.5 Å². The van der Waals surface area contributed by atoms with Crippen LogP contribution in [-0.2, 0) is 0 Å². The van der Waals surface area contributed by atoms with Crippen LogP contribution in [0, 0.1) is 5.92 Å². The normalized spacial score (nSPS) is 13.4. The monoisotopic (exact) mass is 219 g/mol. The zero-order valence-corrected chi connectivity index (χ0v) is 11.0. The topological polar surface area (TPSA) is 26.0 Å². The molecule has 0 aliphatic rings. The van der Waals surface area contributed by atoms with Gasteiger partial charge in [-0.15, -0.1) is 0 Å². The molecular weight excluding hydrogens is 194 g/mol. The average molecular weight is 219 g/mol. The summed E-state index contributed by atoms with van der Waals surface area (Å²) in [5, 5.41) is 0. The van der Waals surface area contributed by atoms with Crippen molar-refractivity contribution in [1.82, 2.24) is 0 Å². The van der Waals surface area contributed by atoms with Crippen molar-refractivity contribution in [3.8, 4) is 0 Å². The number of benzene rings is 1. The quantitative estimate of drug-likeness (QED) is 0.787. The van der Waals surface area contributed by atoms with E-state index >= 15 is 0 Å². The van der Waals surface area contributed by atoms with Gasteiger partial charge in [-0.25, -0.2) is 0 Å². The Balaban J connectivity index is 2.59. The molecule has 1 aromatic rings. The lowest BCUT2D eigenvalue weighted by molar-refractivity contribution is 0.507. The van der Waals surface area contributed by atoms with Gasteiger partial charge in [-0.1, -0.05) is 52.0 Å². The molecule has 0 amide bonds. The lowest BCUT2D eigenvalue weighted by atomic mass is 9.95. The van der Waals surface area contributed by atoms with Gasteiger partial charge in [0.2, 0.25) is 0 Å². The molecule has 0 saturated carbocycles. The summed E-state index contributed by atoms with van der Waals surface area (Å²) < 4.78 is 0. The van der Waals surface area contributed by atoms with Crippen molar-refractivity contribution in [3.05, 3.63) is 35.4 Å². The van der Waals surface area contributed by atoms with E-state index in [9.17, 15) is 0 Å². The van der Waals surface area contributed by atoms with Gasteiger partial charge < -0.3 is 5.73 Å². The predicted molar refractivity (Wildman–Crippen MR) is 71.5 cm³/mol. The van der Waals surface area contributed by atoms with E-state index in [2.05, 4.69) is 52.0 Å². The fraction of sp³-hybridized carbons (Fsp3) is 0.600. The molecule has 0 aliphatic heterocycles. The van der Waals surface area contributed by atoms with Crippen LogP contribution in [0.4, 0.5) is 0 Å². The van der Waals surface area contributed by atoms with Gasteiger partial charge in [0.15, 0.2) is 0 Å². The first kappa shape index (κ1) is 13.2. The Labute approximate surface area is 100 Å². The molecule has 0 aromatic heterocycles. The van der Waals surface area contributed by atoms with Gasteiger partial charge in [-0.05, 0) is 35.8 Å². The minimum atomic E-state index is 0.198. The maximum absolute atomic E-state index is 6.17. The molecule has 16 heavy (non-hydrogen) atoms. The van der Waals surface area contributed by atoms with Crippen molar-refractivity contribution in [1.29, 1.82) is 0 Å². The first-order chi connectivity index (χ1) is 7.50. The fourth-order valence-corrected chi connectivity index (χ4v) is 1.81. The van der Waals surface area contributed by atoms with Gasteiger partial charge in [-0.2, -0.15) is 0 Å². The van der Waals surface area contributed by atoms with E-state index in [1.54, 1.807) is 0 Å². The van der Waals surface area contributed by atoms with Crippen LogP contribution in [0.3, 0.4) is 0 Å². The summed E-state index contributed by atoms with van der Waals surface area (Å²) in [6.45, 7) is 8.92. The molecule has 0 aliphatic carbocycles. The maximum atomic E-state index is 6.17. The third kappa shape index (κ3) is 3.97. The van der Waals surface area contributed by atoms with Crippen molar-refractivity contribution in [2.24, 2.45) is 11.7 Å². The van der Waals surface area contributed by atoms with Crippen LogP contribution in [0.1, 0.15) is 63.6 Å². The third-order valence-electron chi connectivity index (χ3n) is 3.09. The van der Waals surface area contributed by atoms with Crippen molar-refractivity contribution < 1.29 is 0 Å². The summed E-state index contributed by atoms with van der Waals surface area (Å²) in [5.74, 6) is 1.34. The van der Waals surface area contributed by atoms with Crippen LogP contribution in [-0.4, -0.2) is 0 Å². The summed E-state index contributed by atoms with van der Waals surface area (Å²) in [6, 6.07) is 8.97. The molecule has 0 heterocycles. The fourth-order valence-electron chi connectivity index (χ4n) is 1.81. The Morgan fingerprint density at radius 2 is 1.38 bits per heavy atom. The molecule has 0 unspecified atom stereocenters. The van der Waals surface area contributed by atoms with Crippen LogP contribution in [0.2, 0.25) is 0 Å². The third-order valence-corrected chi connectivity index (χ3v) is 3.09. The average Bonchev–Trinajstić information content (AvgIpc) is 2.26. The first-order valence-corrected chi connectivity index (χ1v) is 6.36. The van der Waals surface area contributed by atoms with Crippen LogP contribution in [0.15, 0.2) is 24.3 Å². The predicted octanol–water partition coefficient (Wildman–Crippen LogP) is 4.25. The number of rotatable bonds is 5. The maximum Gasteiger partial charge on any atom is 0.0294 e. The molecule has 2 N–H and O–H groups in total. The molecule has 0 bridgehead atoms. The van der Waals surface area contributed by atoms with Gasteiger partial charge in [0.1, 0.15) is 0 Å². The second-order valence-corrected chi connectivity index (χ2v) is 5.40. The molecular formula is C15H25N. The zero-order valence-electron chi connectivity index (χ0n) is 11.0. The summed E-state index contributed by atoms with van der Waals surface area (Å²) in [5.41, 5.74) is 8.83. The molecule has 0 radical (unpaired) electrons. The summed E-state index contributed by atoms with van der Waals surface area (Å²) in [6.07, 6.45) is 2.28. The summed E-state index contributed by atoms with van der Waals surface area (Å²) in [7, 11) is 0. The van der Waals surface area contributed by atoms with E-state index in [4.69, 9.17) is 5.73 Å². The van der Waals surface area contributed by atoms with E-state index in [1.807, 2.05) is 0 Å². The van der Waals surface area contributed by atoms with Gasteiger partial charge in [0.25, 0.3) is 0 Å². The number of hydrogen-bond acceptors (Lipinski definition) is 1. The van der Waals surface area contributed by atoms with Crippen molar-refractivity contribution in [2.45, 2.75) is 52.5 Å². The molecule has 0 saturated heterocycles. The van der Waals surface area contributed by atoms with E-state index in [0.717, 1.165) is 12.3 Å². The second kappa shape index (κ2) is 6.05. The molecule has 1 atom stereocenters. The molecule has 0 spiro atoms. The van der Waals surface area contributed by atoms with Crippen LogP contribution >= 0.6 is 0 Å². The molecule has 1 rings (SSSR count). The van der Waals surface area contributed by atoms with E-state index in [-0.39, 0.29) is 6.04 Å². The summed E-state index contributed by atoms with van der Waals surface area (Å²) >= 11 is 0. The highest BCUT2D eigenvalue weighted by molar-refractivity contribution is 5.26. The van der Waals surface area contributed by atoms with Crippen LogP contribution < -0.4 is 5.73 Å². The molecule has 1 heteroatoms. The Morgan fingerprint density at radius 1 is 0.875 bits per heavy atom. The lowest BCUT2D eigenvalue weighted by Crippen LogP contribution is -2.11. The standard InChI is InChI=1S/C15H25N/c1-11(2)5-10-15(16)14-8-6-13(7-9-14)12(3)4/h6-9,11-12,15H,5,10,16H2,1-4H3/t15-/m0/s1. The van der Waals surface area contributed by atoms with Crippen molar-refractivity contribution in [2.75, 3.05) is 0 Å². The molecule has 1 aromatic carbocycles. The van der Waals surface area contributed by atoms with Crippen LogP contribution in [0.25, 0.3) is 0 Å². The first-order valence-electron chi connectivity index (χ1n) is 6.36. The minimum Gasteiger partial charge on any atom is -0.324 e. The lowest BCUT2D eigenvalue weighted by Gasteiger charge is -2.14. The Kier molecular flexibility index (Phi) is 5.01. The van der Waals surface area contributed by atoms with Crippen LogP contribution in [0.5, 0.6) is 0 Å². The largest absolute Gasteiger partial charge is 0.324 e. The summed E-state index contributed by atoms with van der Waals surface area (Å²) in [4.78, 5) is 0. The molecule has 90 valence electrons. The van der Waals surface area contributed by atoms with Gasteiger partial charge in [0, 0.05) is 6.04 Å².